The predicted molar refractivity (Wildman–Crippen MR) is 43.9 cm³/mol. The molecule has 0 bridgehead atoms. The van der Waals surface area contributed by atoms with Gasteiger partial charge in [0.05, 0.1) is 13.1 Å². The Labute approximate surface area is 62.8 Å². The van der Waals surface area contributed by atoms with Gasteiger partial charge in [0.1, 0.15) is 0 Å². The van der Waals surface area contributed by atoms with Crippen molar-refractivity contribution < 1.29 is 4.58 Å². The molecule has 1 atom stereocenters. The van der Waals surface area contributed by atoms with Gasteiger partial charge < -0.3 is 0 Å². The lowest BCUT2D eigenvalue weighted by Crippen LogP contribution is -2.35. The van der Waals surface area contributed by atoms with Gasteiger partial charge in [-0.3, -0.25) is 4.67 Å². The van der Waals surface area contributed by atoms with Crippen LogP contribution in [0.3, 0.4) is 0 Å². The summed E-state index contributed by atoms with van der Waals surface area (Å²) in [6, 6.07) is 0. The number of isothiocyanates is 1. The van der Waals surface area contributed by atoms with Crippen molar-refractivity contribution in [2.45, 2.75) is 0 Å². The molecule has 2 nitrogen and oxygen atoms in total. The highest BCUT2D eigenvalue weighted by atomic mass is 32.1. The Hall–Kier alpha value is 0.190. The summed E-state index contributed by atoms with van der Waals surface area (Å²) in [5, 5.41) is 2.71. The van der Waals surface area contributed by atoms with Crippen LogP contribution in [-0.2, 0) is 0 Å². The highest BCUT2D eigenvalue weighted by Gasteiger charge is 2.13. The molecule has 0 aromatic heterocycles. The fraction of sp³-hybridized carbons (Fsp3) is 0.800. The lowest BCUT2D eigenvalue weighted by Gasteiger charge is -2.17. The minimum Gasteiger partial charge on any atom is -0.275 e. The lowest BCUT2D eigenvalue weighted by molar-refractivity contribution is -0.529. The van der Waals surface area contributed by atoms with Gasteiger partial charge in [0, 0.05) is 12.2 Å². The van der Waals surface area contributed by atoms with Crippen LogP contribution in [0, 0.1) is 0 Å². The van der Waals surface area contributed by atoms with E-state index >= 15 is 0 Å². The highest BCUT2D eigenvalue weighted by Crippen LogP contribution is 2.00. The molecule has 0 aliphatic carbocycles. The number of rotatable bonds is 0. The van der Waals surface area contributed by atoms with Crippen molar-refractivity contribution in [1.29, 1.82) is 0 Å². The first-order valence-electron chi connectivity index (χ1n) is 2.95. The first-order valence-corrected chi connectivity index (χ1v) is 3.88. The molecule has 0 amide bonds. The first kappa shape index (κ1) is 7.30. The topological polar surface area (TPSA) is 6.25 Å². The molecular formula is C5H10N2PS+. The van der Waals surface area contributed by atoms with Crippen molar-refractivity contribution >= 4 is 26.8 Å². The molecule has 1 aliphatic rings. The molecule has 1 rings (SSSR count). The van der Waals surface area contributed by atoms with Crippen LogP contribution in [0.4, 0.5) is 0 Å². The Bertz CT molecular complexity index is 143. The first-order chi connectivity index (χ1) is 4.33. The number of piperazine rings is 1. The average Bonchev–Trinajstić information content (AvgIpc) is 1.90. The molecule has 0 spiro atoms. The van der Waals surface area contributed by atoms with E-state index in [2.05, 4.69) is 31.4 Å². The summed E-state index contributed by atoms with van der Waals surface area (Å²) in [7, 11) is 2.69. The van der Waals surface area contributed by atoms with Crippen molar-refractivity contribution in [3.8, 4) is 0 Å². The number of nitrogens with zero attached hydrogens (tertiary/aromatic N) is 2. The summed E-state index contributed by atoms with van der Waals surface area (Å²) >= 11 is 4.66. The standard InChI is InChI=1S/C5H10N2PS/c8-7-3-1-6(5-9)2-4-7/h1-4,8H2/q+1. The number of thiocarbonyl (C=S) groups is 1. The van der Waals surface area contributed by atoms with Gasteiger partial charge in [-0.1, -0.05) is 9.39 Å². The summed E-state index contributed by atoms with van der Waals surface area (Å²) in [5.41, 5.74) is 0. The van der Waals surface area contributed by atoms with Gasteiger partial charge in [-0.15, -0.1) is 0 Å². The van der Waals surface area contributed by atoms with Gasteiger partial charge in [0.15, 0.2) is 13.1 Å². The third-order valence-corrected chi connectivity index (χ3v) is 2.22. The fourth-order valence-corrected chi connectivity index (χ4v) is 1.23. The Balaban J connectivity index is 2.44. The van der Waals surface area contributed by atoms with Gasteiger partial charge in [-0.2, -0.15) is 4.58 Å². The minimum atomic E-state index is 1.02. The maximum Gasteiger partial charge on any atom is 0.249 e. The predicted octanol–water partition coefficient (Wildman–Crippen LogP) is 0.207. The number of hydrogen-bond donors (Lipinski definition) is 0. The van der Waals surface area contributed by atoms with Crippen molar-refractivity contribution in [2.75, 3.05) is 26.2 Å². The highest BCUT2D eigenvalue weighted by molar-refractivity contribution is 7.78. The van der Waals surface area contributed by atoms with Crippen LogP contribution in [-0.4, -0.2) is 40.6 Å². The molecule has 0 N–H and O–H groups in total. The van der Waals surface area contributed by atoms with Crippen LogP contribution in [0.5, 0.6) is 0 Å². The van der Waals surface area contributed by atoms with Crippen molar-refractivity contribution in [3.05, 3.63) is 0 Å². The van der Waals surface area contributed by atoms with E-state index in [4.69, 9.17) is 0 Å². The van der Waals surface area contributed by atoms with Crippen molar-refractivity contribution in [2.24, 2.45) is 0 Å². The van der Waals surface area contributed by atoms with Gasteiger partial charge in [-0.25, -0.2) is 0 Å². The number of hydrogen-bond acceptors (Lipinski definition) is 2. The van der Waals surface area contributed by atoms with Crippen LogP contribution in [0.25, 0.3) is 0 Å². The third-order valence-electron chi connectivity index (χ3n) is 1.44. The van der Waals surface area contributed by atoms with Crippen molar-refractivity contribution in [3.63, 3.8) is 0 Å². The zero-order valence-electron chi connectivity index (χ0n) is 5.21. The van der Waals surface area contributed by atoms with Gasteiger partial charge >= 0.3 is 0 Å². The maximum atomic E-state index is 4.66. The van der Waals surface area contributed by atoms with E-state index < -0.39 is 0 Å². The molecule has 1 unspecified atom stereocenters. The summed E-state index contributed by atoms with van der Waals surface area (Å²) in [5.74, 6) is 0. The molecule has 1 saturated heterocycles. The summed E-state index contributed by atoms with van der Waals surface area (Å²) in [6.07, 6.45) is 0. The van der Waals surface area contributed by atoms with Crippen molar-refractivity contribution in [1.82, 2.24) is 4.67 Å². The second kappa shape index (κ2) is 3.38. The van der Waals surface area contributed by atoms with Crippen LogP contribution in [0.2, 0.25) is 0 Å². The van der Waals surface area contributed by atoms with Crippen LogP contribution in [0.15, 0.2) is 0 Å². The van der Waals surface area contributed by atoms with Gasteiger partial charge in [0.2, 0.25) is 5.16 Å². The van der Waals surface area contributed by atoms with E-state index in [9.17, 15) is 0 Å². The Kier molecular flexibility index (Phi) is 2.74. The maximum absolute atomic E-state index is 4.66. The minimum absolute atomic E-state index is 1.02. The summed E-state index contributed by atoms with van der Waals surface area (Å²) < 4.78 is 4.25. The molecule has 4 heteroatoms. The fourth-order valence-electron chi connectivity index (χ4n) is 0.813. The monoisotopic (exact) mass is 161 g/mol. The SMILES string of the molecule is PN1CC[N+](=C=S)CC1. The summed E-state index contributed by atoms with van der Waals surface area (Å²) in [4.78, 5) is 0. The smallest absolute Gasteiger partial charge is 0.249 e. The van der Waals surface area contributed by atoms with Crippen LogP contribution in [0.1, 0.15) is 0 Å². The second-order valence-electron chi connectivity index (χ2n) is 2.11. The van der Waals surface area contributed by atoms with E-state index in [1.807, 2.05) is 4.58 Å². The molecule has 0 radical (unpaired) electrons. The molecule has 1 heterocycles. The normalized spacial score (nSPS) is 21.7. The molecule has 50 valence electrons. The Morgan fingerprint density at radius 3 is 2.44 bits per heavy atom. The van der Waals surface area contributed by atoms with Crippen LogP contribution < -0.4 is 0 Å². The molecule has 0 aromatic rings. The second-order valence-corrected chi connectivity index (χ2v) is 3.03. The van der Waals surface area contributed by atoms with Gasteiger partial charge in [0.25, 0.3) is 0 Å². The molecule has 0 aromatic carbocycles. The van der Waals surface area contributed by atoms with E-state index in [0.29, 0.717) is 0 Å². The van der Waals surface area contributed by atoms with Crippen LogP contribution >= 0.6 is 21.6 Å². The molecule has 9 heavy (non-hydrogen) atoms. The van der Waals surface area contributed by atoms with E-state index in [1.54, 1.807) is 0 Å². The average molecular weight is 161 g/mol. The quantitative estimate of drug-likeness (QED) is 0.284. The molecular weight excluding hydrogens is 151 g/mol. The zero-order chi connectivity index (χ0) is 6.69. The zero-order valence-corrected chi connectivity index (χ0v) is 7.18. The molecule has 1 fully saturated rings. The molecule has 1 aliphatic heterocycles. The van der Waals surface area contributed by atoms with Gasteiger partial charge in [-0.05, 0) is 0 Å². The van der Waals surface area contributed by atoms with E-state index in [1.165, 1.54) is 0 Å². The lowest BCUT2D eigenvalue weighted by atomic mass is 10.4. The third kappa shape index (κ3) is 2.11. The van der Waals surface area contributed by atoms with E-state index in [-0.39, 0.29) is 0 Å². The Morgan fingerprint density at radius 2 is 2.00 bits per heavy atom. The summed E-state index contributed by atoms with van der Waals surface area (Å²) in [6.45, 7) is 4.20. The Morgan fingerprint density at radius 1 is 1.44 bits per heavy atom. The largest absolute Gasteiger partial charge is 0.275 e. The molecule has 0 saturated carbocycles. The van der Waals surface area contributed by atoms with E-state index in [0.717, 1.165) is 26.2 Å².